The highest BCUT2D eigenvalue weighted by molar-refractivity contribution is 6.35. The van der Waals surface area contributed by atoms with Crippen LogP contribution in [0.15, 0.2) is 30.3 Å². The molecule has 0 unspecified atom stereocenters. The summed E-state index contributed by atoms with van der Waals surface area (Å²) in [4.78, 5) is 13.8. The van der Waals surface area contributed by atoms with Gasteiger partial charge in [0.2, 0.25) is 5.91 Å². The lowest BCUT2D eigenvalue weighted by Crippen LogP contribution is -2.45. The van der Waals surface area contributed by atoms with Gasteiger partial charge < -0.3 is 10.4 Å². The van der Waals surface area contributed by atoms with Crippen LogP contribution in [0.25, 0.3) is 10.8 Å². The maximum Gasteiger partial charge on any atom is 0.234 e. The molecule has 2 aromatic carbocycles. The molecular formula is C18H23ClN2O2. The zero-order chi connectivity index (χ0) is 17.2. The number of hydrogen-bond donors (Lipinski definition) is 2. The highest BCUT2D eigenvalue weighted by Gasteiger charge is 2.17. The van der Waals surface area contributed by atoms with E-state index in [0.29, 0.717) is 17.1 Å². The normalized spacial score (nSPS) is 11.9. The summed E-state index contributed by atoms with van der Waals surface area (Å²) in [6, 6.07) is 9.23. The van der Waals surface area contributed by atoms with Crippen LogP contribution in [0.4, 0.5) is 0 Å². The van der Waals surface area contributed by atoms with Crippen molar-refractivity contribution in [2.75, 3.05) is 13.6 Å². The van der Waals surface area contributed by atoms with Crippen LogP contribution in [0.5, 0.6) is 5.75 Å². The van der Waals surface area contributed by atoms with Gasteiger partial charge in [-0.2, -0.15) is 0 Å². The summed E-state index contributed by atoms with van der Waals surface area (Å²) in [5.41, 5.74) is 0.450. The Balaban J connectivity index is 2.15. The first-order valence-electron chi connectivity index (χ1n) is 7.56. The van der Waals surface area contributed by atoms with E-state index in [1.807, 2.05) is 57.0 Å². The molecule has 0 aliphatic rings. The van der Waals surface area contributed by atoms with E-state index in [9.17, 15) is 9.90 Å². The number of nitrogens with one attached hydrogen (secondary N) is 1. The molecule has 2 N–H and O–H groups in total. The third-order valence-corrected chi connectivity index (χ3v) is 3.73. The number of halogens is 1. The van der Waals surface area contributed by atoms with Crippen molar-refractivity contribution in [2.24, 2.45) is 0 Å². The largest absolute Gasteiger partial charge is 0.507 e. The first-order valence-corrected chi connectivity index (χ1v) is 7.94. The van der Waals surface area contributed by atoms with Gasteiger partial charge in [0.1, 0.15) is 5.75 Å². The summed E-state index contributed by atoms with van der Waals surface area (Å²) in [6.07, 6.45) is 0. The summed E-state index contributed by atoms with van der Waals surface area (Å²) in [5.74, 6) is 0.166. The lowest BCUT2D eigenvalue weighted by atomic mass is 10.0. The Bertz CT molecular complexity index is 723. The molecule has 0 aliphatic carbocycles. The van der Waals surface area contributed by atoms with Gasteiger partial charge >= 0.3 is 0 Å². The molecule has 1 amide bonds. The molecule has 5 heteroatoms. The maximum absolute atomic E-state index is 12.0. The van der Waals surface area contributed by atoms with Crippen LogP contribution in [0, 0.1) is 0 Å². The molecule has 0 fully saturated rings. The Kier molecular flexibility index (Phi) is 5.17. The molecule has 0 saturated carbocycles. The number of carbonyl (C=O) groups is 1. The van der Waals surface area contributed by atoms with E-state index in [1.165, 1.54) is 0 Å². The van der Waals surface area contributed by atoms with Crippen molar-refractivity contribution in [2.45, 2.75) is 32.9 Å². The Morgan fingerprint density at radius 2 is 1.87 bits per heavy atom. The molecule has 0 aliphatic heterocycles. The Labute approximate surface area is 142 Å². The van der Waals surface area contributed by atoms with Crippen LogP contribution < -0.4 is 5.32 Å². The Morgan fingerprint density at radius 1 is 1.26 bits per heavy atom. The van der Waals surface area contributed by atoms with Crippen molar-refractivity contribution < 1.29 is 9.90 Å². The van der Waals surface area contributed by atoms with E-state index in [0.717, 1.165) is 10.8 Å². The second-order valence-corrected chi connectivity index (χ2v) is 7.29. The van der Waals surface area contributed by atoms with E-state index < -0.39 is 0 Å². The van der Waals surface area contributed by atoms with Gasteiger partial charge in [0, 0.05) is 33.4 Å². The number of rotatable bonds is 4. The van der Waals surface area contributed by atoms with Gasteiger partial charge in [0.15, 0.2) is 0 Å². The molecule has 2 aromatic rings. The second-order valence-electron chi connectivity index (χ2n) is 6.88. The zero-order valence-corrected chi connectivity index (χ0v) is 14.7. The molecule has 0 heterocycles. The SMILES string of the molecule is CN(CC(=O)NC(C)(C)C)Cc1cc(Cl)c2ccccc2c1O. The Morgan fingerprint density at radius 3 is 2.48 bits per heavy atom. The average molecular weight is 335 g/mol. The van der Waals surface area contributed by atoms with Crippen LogP contribution in [0.1, 0.15) is 26.3 Å². The third kappa shape index (κ3) is 4.60. The molecule has 0 aromatic heterocycles. The number of phenolic OH excluding ortho intramolecular Hbond substituents is 1. The highest BCUT2D eigenvalue weighted by Crippen LogP contribution is 2.34. The first kappa shape index (κ1) is 17.6. The topological polar surface area (TPSA) is 52.6 Å². The van der Waals surface area contributed by atoms with Crippen molar-refractivity contribution in [1.29, 1.82) is 0 Å². The highest BCUT2D eigenvalue weighted by atomic mass is 35.5. The third-order valence-electron chi connectivity index (χ3n) is 3.41. The lowest BCUT2D eigenvalue weighted by molar-refractivity contribution is -0.123. The number of hydrogen-bond acceptors (Lipinski definition) is 3. The zero-order valence-electron chi connectivity index (χ0n) is 14.0. The number of benzene rings is 2. The van der Waals surface area contributed by atoms with E-state index >= 15 is 0 Å². The fourth-order valence-electron chi connectivity index (χ4n) is 2.54. The van der Waals surface area contributed by atoms with Crippen molar-refractivity contribution >= 4 is 28.3 Å². The number of phenols is 1. The van der Waals surface area contributed by atoms with Crippen LogP contribution >= 0.6 is 11.6 Å². The number of amides is 1. The summed E-state index contributed by atoms with van der Waals surface area (Å²) in [7, 11) is 1.84. The van der Waals surface area contributed by atoms with Crippen molar-refractivity contribution in [1.82, 2.24) is 10.2 Å². The molecular weight excluding hydrogens is 312 g/mol. The van der Waals surface area contributed by atoms with Crippen LogP contribution in [0.2, 0.25) is 5.02 Å². The van der Waals surface area contributed by atoms with Crippen molar-refractivity contribution in [3.05, 3.63) is 40.9 Å². The van der Waals surface area contributed by atoms with E-state index in [-0.39, 0.29) is 23.7 Å². The smallest absolute Gasteiger partial charge is 0.234 e. The predicted octanol–water partition coefficient (Wildman–Crippen LogP) is 3.55. The van der Waals surface area contributed by atoms with Gasteiger partial charge in [0.25, 0.3) is 0 Å². The quantitative estimate of drug-likeness (QED) is 0.899. The van der Waals surface area contributed by atoms with Crippen molar-refractivity contribution in [3.63, 3.8) is 0 Å². The number of carbonyl (C=O) groups excluding carboxylic acids is 1. The summed E-state index contributed by atoms with van der Waals surface area (Å²) < 4.78 is 0. The van der Waals surface area contributed by atoms with Crippen LogP contribution in [-0.2, 0) is 11.3 Å². The van der Waals surface area contributed by atoms with Crippen LogP contribution in [0.3, 0.4) is 0 Å². The minimum atomic E-state index is -0.258. The van der Waals surface area contributed by atoms with Gasteiger partial charge in [-0.25, -0.2) is 0 Å². The summed E-state index contributed by atoms with van der Waals surface area (Å²) in [6.45, 7) is 6.52. The fourth-order valence-corrected chi connectivity index (χ4v) is 2.84. The molecule has 0 bridgehead atoms. The number of aromatic hydroxyl groups is 1. The number of nitrogens with zero attached hydrogens (tertiary/aromatic N) is 1. The molecule has 2 rings (SSSR count). The number of fused-ring (bicyclic) bond motifs is 1. The van der Waals surface area contributed by atoms with Gasteiger partial charge in [-0.15, -0.1) is 0 Å². The maximum atomic E-state index is 12.0. The van der Waals surface area contributed by atoms with Gasteiger partial charge in [-0.1, -0.05) is 35.9 Å². The first-order chi connectivity index (χ1) is 10.7. The molecule has 0 saturated heterocycles. The fraction of sp³-hybridized carbons (Fsp3) is 0.389. The van der Waals surface area contributed by atoms with Crippen molar-refractivity contribution in [3.8, 4) is 5.75 Å². The molecule has 4 nitrogen and oxygen atoms in total. The Hall–Kier alpha value is -1.78. The molecule has 0 radical (unpaired) electrons. The molecule has 124 valence electrons. The molecule has 0 spiro atoms. The lowest BCUT2D eigenvalue weighted by Gasteiger charge is -2.23. The van der Waals surface area contributed by atoms with Gasteiger partial charge in [0.05, 0.1) is 6.54 Å². The molecule has 0 atom stereocenters. The minimum absolute atomic E-state index is 0.0497. The van der Waals surface area contributed by atoms with Gasteiger partial charge in [-0.3, -0.25) is 9.69 Å². The van der Waals surface area contributed by atoms with E-state index in [4.69, 9.17) is 11.6 Å². The van der Waals surface area contributed by atoms with Gasteiger partial charge in [-0.05, 0) is 33.9 Å². The minimum Gasteiger partial charge on any atom is -0.507 e. The van der Waals surface area contributed by atoms with Crippen LogP contribution in [-0.4, -0.2) is 35.0 Å². The van der Waals surface area contributed by atoms with E-state index in [2.05, 4.69) is 5.32 Å². The average Bonchev–Trinajstić information content (AvgIpc) is 2.42. The predicted molar refractivity (Wildman–Crippen MR) is 94.9 cm³/mol. The summed E-state index contributed by atoms with van der Waals surface area (Å²) >= 11 is 6.30. The monoisotopic (exact) mass is 334 g/mol. The second kappa shape index (κ2) is 6.77. The number of likely N-dealkylation sites (N-methyl/N-ethyl adjacent to an activating group) is 1. The standard InChI is InChI=1S/C18H23ClN2O2/c1-18(2,3)20-16(22)11-21(4)10-12-9-15(19)13-7-5-6-8-14(13)17(12)23/h5-9,23H,10-11H2,1-4H3,(H,20,22). The van der Waals surface area contributed by atoms with E-state index in [1.54, 1.807) is 6.07 Å². The molecule has 23 heavy (non-hydrogen) atoms. The summed E-state index contributed by atoms with van der Waals surface area (Å²) in [5, 5.41) is 15.5.